The molecule has 4 amide bonds. The second-order valence-corrected chi connectivity index (χ2v) is 11.2. The highest BCUT2D eigenvalue weighted by atomic mass is 79.9. The molecule has 0 spiro atoms. The minimum Gasteiger partial charge on any atom is -0.493 e. The number of urea groups is 1. The van der Waals surface area contributed by atoms with Gasteiger partial charge in [-0.25, -0.2) is 9.69 Å². The monoisotopic (exact) mass is 668 g/mol. The maximum Gasteiger partial charge on any atom is 0.339 e. The van der Waals surface area contributed by atoms with Crippen molar-refractivity contribution in [2.45, 2.75) is 4.90 Å². The first-order chi connectivity index (χ1) is 17.5. The number of nitrogens with one attached hydrogen (secondary N) is 1. The number of benzene rings is 3. The van der Waals surface area contributed by atoms with Gasteiger partial charge >= 0.3 is 16.1 Å². The minimum atomic E-state index is -4.24. The van der Waals surface area contributed by atoms with Gasteiger partial charge < -0.3 is 8.92 Å². The van der Waals surface area contributed by atoms with E-state index < -0.39 is 28.0 Å². The molecule has 1 N–H and O–H groups in total. The third kappa shape index (κ3) is 5.72. The molecule has 3 aromatic carbocycles. The lowest BCUT2D eigenvalue weighted by molar-refractivity contribution is -0.122. The Hall–Kier alpha value is -3.19. The Morgan fingerprint density at radius 3 is 2.24 bits per heavy atom. The van der Waals surface area contributed by atoms with E-state index in [0.717, 1.165) is 9.37 Å². The second-order valence-electron chi connectivity index (χ2n) is 7.46. The molecule has 13 heteroatoms. The summed E-state index contributed by atoms with van der Waals surface area (Å²) in [6.07, 6.45) is 1.25. The zero-order valence-electron chi connectivity index (χ0n) is 18.7. The molecule has 0 aliphatic carbocycles. The molecule has 0 radical (unpaired) electrons. The van der Waals surface area contributed by atoms with Gasteiger partial charge in [0.1, 0.15) is 10.5 Å². The number of ether oxygens (including phenoxy) is 1. The highest BCUT2D eigenvalue weighted by Gasteiger charge is 2.37. The number of imide groups is 2. The van der Waals surface area contributed by atoms with E-state index in [1.807, 2.05) is 0 Å². The van der Waals surface area contributed by atoms with Gasteiger partial charge in [0.05, 0.1) is 17.3 Å². The van der Waals surface area contributed by atoms with Crippen LogP contribution >= 0.6 is 43.5 Å². The fraction of sp³-hybridized carbons (Fsp3) is 0.0417. The third-order valence-corrected chi connectivity index (χ3v) is 7.65. The number of rotatable bonds is 6. The number of amides is 4. The van der Waals surface area contributed by atoms with Gasteiger partial charge in [0.2, 0.25) is 0 Å². The summed E-state index contributed by atoms with van der Waals surface area (Å²) in [6, 6.07) is 13.7. The Morgan fingerprint density at radius 2 is 1.62 bits per heavy atom. The zero-order chi connectivity index (χ0) is 26.9. The van der Waals surface area contributed by atoms with Crippen molar-refractivity contribution in [2.75, 3.05) is 12.0 Å². The predicted octanol–water partition coefficient (Wildman–Crippen LogP) is 5.31. The van der Waals surface area contributed by atoms with E-state index in [1.165, 1.54) is 49.6 Å². The number of halogens is 3. The SMILES string of the molecule is COc1cc(/C=C2\C(=O)NC(=O)N(c3ccc(Br)cc3)C2=O)cc(Br)c1OS(=O)(=O)c1ccc(Cl)cc1. The number of carbonyl (C=O) groups excluding carboxylic acids is 3. The Kier molecular flexibility index (Phi) is 7.74. The van der Waals surface area contributed by atoms with Gasteiger partial charge in [-0.2, -0.15) is 8.42 Å². The lowest BCUT2D eigenvalue weighted by Gasteiger charge is -2.26. The molecule has 0 atom stereocenters. The van der Waals surface area contributed by atoms with Crippen molar-refractivity contribution < 1.29 is 31.7 Å². The van der Waals surface area contributed by atoms with Gasteiger partial charge in [0.15, 0.2) is 11.5 Å². The van der Waals surface area contributed by atoms with Crippen LogP contribution in [0, 0.1) is 0 Å². The van der Waals surface area contributed by atoms with Gasteiger partial charge in [0, 0.05) is 9.50 Å². The van der Waals surface area contributed by atoms with Crippen LogP contribution in [0.2, 0.25) is 5.02 Å². The summed E-state index contributed by atoms with van der Waals surface area (Å²) in [4.78, 5) is 38.7. The first kappa shape index (κ1) is 26.9. The molecule has 0 aromatic heterocycles. The molecule has 3 aromatic rings. The van der Waals surface area contributed by atoms with Crippen molar-refractivity contribution >= 4 is 83.2 Å². The van der Waals surface area contributed by atoms with E-state index in [2.05, 4.69) is 37.2 Å². The number of hydrogen-bond donors (Lipinski definition) is 1. The molecular formula is C24H15Br2ClN2O7S. The summed E-state index contributed by atoms with van der Waals surface area (Å²) in [5, 5.41) is 2.50. The van der Waals surface area contributed by atoms with Crippen LogP contribution in [0.4, 0.5) is 10.5 Å². The summed E-state index contributed by atoms with van der Waals surface area (Å²) >= 11 is 12.4. The quantitative estimate of drug-likeness (QED) is 0.215. The van der Waals surface area contributed by atoms with Crippen LogP contribution in [-0.2, 0) is 19.7 Å². The first-order valence-corrected chi connectivity index (χ1v) is 13.6. The number of hydrogen-bond acceptors (Lipinski definition) is 7. The summed E-state index contributed by atoms with van der Waals surface area (Å²) in [5.74, 6) is -1.87. The molecule has 1 aliphatic heterocycles. The molecule has 0 unspecified atom stereocenters. The van der Waals surface area contributed by atoms with E-state index in [9.17, 15) is 22.8 Å². The molecule has 1 saturated heterocycles. The number of methoxy groups -OCH3 is 1. The number of carbonyl (C=O) groups is 3. The lowest BCUT2D eigenvalue weighted by atomic mass is 10.1. The lowest BCUT2D eigenvalue weighted by Crippen LogP contribution is -2.54. The van der Waals surface area contributed by atoms with Crippen LogP contribution in [0.3, 0.4) is 0 Å². The summed E-state index contributed by atoms with van der Waals surface area (Å²) in [5.41, 5.74) is 0.238. The van der Waals surface area contributed by atoms with E-state index in [0.29, 0.717) is 10.6 Å². The van der Waals surface area contributed by atoms with Gasteiger partial charge in [-0.3, -0.25) is 14.9 Å². The molecule has 0 bridgehead atoms. The fourth-order valence-electron chi connectivity index (χ4n) is 3.31. The van der Waals surface area contributed by atoms with E-state index in [-0.39, 0.29) is 32.1 Å². The Labute approximate surface area is 233 Å². The van der Waals surface area contributed by atoms with Crippen LogP contribution in [0.1, 0.15) is 5.56 Å². The number of barbiturate groups is 1. The van der Waals surface area contributed by atoms with Gasteiger partial charge in [-0.1, -0.05) is 27.5 Å². The number of nitrogens with zero attached hydrogens (tertiary/aromatic N) is 1. The predicted molar refractivity (Wildman–Crippen MR) is 143 cm³/mol. The van der Waals surface area contributed by atoms with Crippen molar-refractivity contribution in [1.29, 1.82) is 0 Å². The van der Waals surface area contributed by atoms with Crippen LogP contribution < -0.4 is 19.1 Å². The molecule has 37 heavy (non-hydrogen) atoms. The average molecular weight is 671 g/mol. The van der Waals surface area contributed by atoms with Crippen LogP contribution in [0.25, 0.3) is 6.08 Å². The smallest absolute Gasteiger partial charge is 0.339 e. The zero-order valence-corrected chi connectivity index (χ0v) is 23.4. The molecule has 0 saturated carbocycles. The Bertz CT molecular complexity index is 1560. The van der Waals surface area contributed by atoms with Crippen LogP contribution in [0.5, 0.6) is 11.5 Å². The Balaban J connectivity index is 1.69. The third-order valence-electron chi connectivity index (χ3n) is 5.04. The van der Waals surface area contributed by atoms with Gasteiger partial charge in [-0.05, 0) is 88.2 Å². The molecular weight excluding hydrogens is 656 g/mol. The highest BCUT2D eigenvalue weighted by Crippen LogP contribution is 2.39. The van der Waals surface area contributed by atoms with E-state index in [4.69, 9.17) is 20.5 Å². The summed E-state index contributed by atoms with van der Waals surface area (Å²) in [6.45, 7) is 0. The topological polar surface area (TPSA) is 119 Å². The molecule has 1 fully saturated rings. The minimum absolute atomic E-state index is 0.00303. The van der Waals surface area contributed by atoms with Crippen molar-refractivity contribution in [2.24, 2.45) is 0 Å². The summed E-state index contributed by atoms with van der Waals surface area (Å²) in [7, 11) is -2.94. The molecule has 190 valence electrons. The molecule has 4 rings (SSSR count). The maximum absolute atomic E-state index is 13.1. The molecule has 9 nitrogen and oxygen atoms in total. The average Bonchev–Trinajstić information content (AvgIpc) is 2.84. The van der Waals surface area contributed by atoms with Gasteiger partial charge in [-0.15, -0.1) is 0 Å². The normalized spacial score (nSPS) is 15.1. The van der Waals surface area contributed by atoms with Crippen LogP contribution in [-0.4, -0.2) is 33.4 Å². The standard InChI is InChI=1S/C24H15Br2ClN2O7S/c1-35-20-12-13(11-19(26)21(20)36-37(33,34)17-8-4-15(27)5-9-17)10-18-22(30)28-24(32)29(23(18)31)16-6-2-14(25)3-7-16/h2-12H,1H3,(H,28,30,32)/b18-10+. The fourth-order valence-corrected chi connectivity index (χ4v) is 5.31. The molecule has 1 heterocycles. The Morgan fingerprint density at radius 1 is 0.973 bits per heavy atom. The molecule has 1 aliphatic rings. The van der Waals surface area contributed by atoms with Gasteiger partial charge in [0.25, 0.3) is 11.8 Å². The van der Waals surface area contributed by atoms with Crippen molar-refractivity contribution in [3.63, 3.8) is 0 Å². The van der Waals surface area contributed by atoms with E-state index >= 15 is 0 Å². The maximum atomic E-state index is 13.1. The van der Waals surface area contributed by atoms with Crippen LogP contribution in [0.15, 0.2) is 80.1 Å². The van der Waals surface area contributed by atoms with Crippen molar-refractivity contribution in [1.82, 2.24) is 5.32 Å². The summed E-state index contributed by atoms with van der Waals surface area (Å²) < 4.78 is 37.0. The largest absolute Gasteiger partial charge is 0.493 e. The number of anilines is 1. The van der Waals surface area contributed by atoms with Crippen molar-refractivity contribution in [3.8, 4) is 11.5 Å². The highest BCUT2D eigenvalue weighted by molar-refractivity contribution is 9.10. The van der Waals surface area contributed by atoms with E-state index in [1.54, 1.807) is 24.3 Å². The first-order valence-electron chi connectivity index (χ1n) is 10.2. The second kappa shape index (κ2) is 10.7. The van der Waals surface area contributed by atoms with Crippen molar-refractivity contribution in [3.05, 3.63) is 85.8 Å².